The lowest BCUT2D eigenvalue weighted by molar-refractivity contribution is -0.119. The third kappa shape index (κ3) is 3.88. The molecule has 1 saturated heterocycles. The molecule has 25 heavy (non-hydrogen) atoms. The maximum absolute atomic E-state index is 12.6. The Morgan fingerprint density at radius 3 is 2.76 bits per heavy atom. The molecule has 1 fully saturated rings. The second kappa shape index (κ2) is 7.76. The number of carbonyl (C=O) groups excluding carboxylic acids is 1. The highest BCUT2D eigenvalue weighted by Gasteiger charge is 2.27. The monoisotopic (exact) mass is 343 g/mol. The van der Waals surface area contributed by atoms with Crippen LogP contribution in [0.1, 0.15) is 30.4 Å². The third-order valence-electron chi connectivity index (χ3n) is 4.89. The standard InChI is InChI=1S/C18H25N5O2/c1-21(15-8-4-3-5-9-15)17(25)12-23-10-6-7-14(11-23)18-20-19-16(13-24)22(18)2/h3-5,8-9,14,24H,6-7,10-13H2,1-2H3/t14-/m0/s1. The van der Waals surface area contributed by atoms with Crippen molar-refractivity contribution in [3.8, 4) is 0 Å². The van der Waals surface area contributed by atoms with E-state index in [0.29, 0.717) is 12.4 Å². The topological polar surface area (TPSA) is 74.5 Å². The Morgan fingerprint density at radius 1 is 1.32 bits per heavy atom. The van der Waals surface area contributed by atoms with E-state index in [9.17, 15) is 9.90 Å². The smallest absolute Gasteiger partial charge is 0.240 e. The van der Waals surface area contributed by atoms with Gasteiger partial charge in [-0.3, -0.25) is 9.69 Å². The number of amides is 1. The summed E-state index contributed by atoms with van der Waals surface area (Å²) in [7, 11) is 3.70. The maximum atomic E-state index is 12.6. The first-order valence-corrected chi connectivity index (χ1v) is 8.63. The number of likely N-dealkylation sites (tertiary alicyclic amines) is 1. The number of carbonyl (C=O) groups is 1. The molecule has 0 saturated carbocycles. The highest BCUT2D eigenvalue weighted by molar-refractivity contribution is 5.94. The Balaban J connectivity index is 1.63. The van der Waals surface area contributed by atoms with Crippen molar-refractivity contribution in [1.82, 2.24) is 19.7 Å². The molecule has 1 aliphatic rings. The van der Waals surface area contributed by atoms with E-state index in [-0.39, 0.29) is 18.4 Å². The number of aromatic nitrogens is 3. The van der Waals surface area contributed by atoms with Gasteiger partial charge in [-0.25, -0.2) is 0 Å². The summed E-state index contributed by atoms with van der Waals surface area (Å²) in [5.74, 6) is 1.78. The van der Waals surface area contributed by atoms with E-state index in [1.807, 2.05) is 49.0 Å². The molecule has 3 rings (SSSR count). The first-order chi connectivity index (χ1) is 12.1. The van der Waals surface area contributed by atoms with Crippen molar-refractivity contribution in [3.63, 3.8) is 0 Å². The van der Waals surface area contributed by atoms with Crippen LogP contribution in [-0.2, 0) is 18.4 Å². The van der Waals surface area contributed by atoms with Crippen LogP contribution in [0.3, 0.4) is 0 Å². The van der Waals surface area contributed by atoms with Crippen molar-refractivity contribution in [2.45, 2.75) is 25.4 Å². The fraction of sp³-hybridized carbons (Fsp3) is 0.500. The molecule has 1 aliphatic heterocycles. The third-order valence-corrected chi connectivity index (χ3v) is 4.89. The molecule has 0 unspecified atom stereocenters. The Kier molecular flexibility index (Phi) is 5.45. The lowest BCUT2D eigenvalue weighted by Crippen LogP contribution is -2.43. The van der Waals surface area contributed by atoms with Gasteiger partial charge in [0.05, 0.1) is 6.54 Å². The largest absolute Gasteiger partial charge is 0.388 e. The molecule has 1 aromatic carbocycles. The molecule has 1 atom stereocenters. The van der Waals surface area contributed by atoms with Gasteiger partial charge >= 0.3 is 0 Å². The SMILES string of the molecule is CN(C(=O)CN1CCC[C@H](c2nnc(CO)n2C)C1)c1ccccc1. The summed E-state index contributed by atoms with van der Waals surface area (Å²) in [5, 5.41) is 17.6. The number of anilines is 1. The van der Waals surface area contributed by atoms with Crippen LogP contribution < -0.4 is 4.90 Å². The predicted molar refractivity (Wildman–Crippen MR) is 95.2 cm³/mol. The quantitative estimate of drug-likeness (QED) is 0.881. The van der Waals surface area contributed by atoms with Crippen molar-refractivity contribution in [3.05, 3.63) is 42.0 Å². The second-order valence-corrected chi connectivity index (χ2v) is 6.55. The first-order valence-electron chi connectivity index (χ1n) is 8.63. The van der Waals surface area contributed by atoms with Crippen LogP contribution in [0, 0.1) is 0 Å². The number of hydrogen-bond donors (Lipinski definition) is 1. The highest BCUT2D eigenvalue weighted by Crippen LogP contribution is 2.26. The Hall–Kier alpha value is -2.25. The van der Waals surface area contributed by atoms with E-state index < -0.39 is 0 Å². The fourth-order valence-corrected chi connectivity index (χ4v) is 3.37. The molecule has 0 spiro atoms. The number of likely N-dealkylation sites (N-methyl/N-ethyl adjacent to an activating group) is 1. The molecule has 1 N–H and O–H groups in total. The van der Waals surface area contributed by atoms with E-state index in [1.165, 1.54) is 0 Å². The van der Waals surface area contributed by atoms with Crippen LogP contribution in [0.15, 0.2) is 30.3 Å². The molecule has 0 bridgehead atoms. The van der Waals surface area contributed by atoms with Gasteiger partial charge in [-0.05, 0) is 31.5 Å². The van der Waals surface area contributed by atoms with Crippen LogP contribution >= 0.6 is 0 Å². The lowest BCUT2D eigenvalue weighted by Gasteiger charge is -2.32. The molecule has 0 aliphatic carbocycles. The van der Waals surface area contributed by atoms with Crippen LogP contribution in [0.5, 0.6) is 0 Å². The Labute approximate surface area is 147 Å². The van der Waals surface area contributed by atoms with Gasteiger partial charge in [0.15, 0.2) is 5.82 Å². The summed E-state index contributed by atoms with van der Waals surface area (Å²) >= 11 is 0. The van der Waals surface area contributed by atoms with Gasteiger partial charge in [-0.1, -0.05) is 18.2 Å². The van der Waals surface area contributed by atoms with Crippen molar-refractivity contribution in [1.29, 1.82) is 0 Å². The summed E-state index contributed by atoms with van der Waals surface area (Å²) < 4.78 is 1.87. The molecular weight excluding hydrogens is 318 g/mol. The minimum absolute atomic E-state index is 0.0841. The maximum Gasteiger partial charge on any atom is 0.240 e. The number of piperidine rings is 1. The number of nitrogens with zero attached hydrogens (tertiary/aromatic N) is 5. The summed E-state index contributed by atoms with van der Waals surface area (Å²) in [6.07, 6.45) is 2.05. The van der Waals surface area contributed by atoms with Gasteiger partial charge in [0.2, 0.25) is 5.91 Å². The number of para-hydroxylation sites is 1. The molecule has 1 amide bonds. The molecular formula is C18H25N5O2. The molecule has 7 heteroatoms. The number of aliphatic hydroxyl groups excluding tert-OH is 1. The van der Waals surface area contributed by atoms with Crippen LogP contribution in [0.25, 0.3) is 0 Å². The van der Waals surface area contributed by atoms with Gasteiger partial charge < -0.3 is 14.6 Å². The number of benzene rings is 1. The lowest BCUT2D eigenvalue weighted by atomic mass is 9.97. The first kappa shape index (κ1) is 17.6. The van der Waals surface area contributed by atoms with E-state index in [1.54, 1.807) is 4.90 Å². The predicted octanol–water partition coefficient (Wildman–Crippen LogP) is 1.15. The highest BCUT2D eigenvalue weighted by atomic mass is 16.3. The van der Waals surface area contributed by atoms with Crippen molar-refractivity contribution in [2.75, 3.05) is 31.6 Å². The minimum Gasteiger partial charge on any atom is -0.388 e. The minimum atomic E-state index is -0.111. The van der Waals surface area contributed by atoms with Gasteiger partial charge in [-0.15, -0.1) is 10.2 Å². The van der Waals surface area contributed by atoms with Crippen molar-refractivity contribution < 1.29 is 9.90 Å². The average molecular weight is 343 g/mol. The van der Waals surface area contributed by atoms with E-state index in [0.717, 1.165) is 37.4 Å². The molecule has 7 nitrogen and oxygen atoms in total. The van der Waals surface area contributed by atoms with E-state index in [2.05, 4.69) is 15.1 Å². The van der Waals surface area contributed by atoms with E-state index in [4.69, 9.17) is 0 Å². The van der Waals surface area contributed by atoms with Gasteiger partial charge in [0.25, 0.3) is 0 Å². The van der Waals surface area contributed by atoms with Crippen LogP contribution in [0.4, 0.5) is 5.69 Å². The summed E-state index contributed by atoms with van der Waals surface area (Å²) in [4.78, 5) is 16.5. The van der Waals surface area contributed by atoms with Crippen molar-refractivity contribution in [2.24, 2.45) is 7.05 Å². The zero-order chi connectivity index (χ0) is 17.8. The zero-order valence-corrected chi connectivity index (χ0v) is 14.8. The summed E-state index contributed by atoms with van der Waals surface area (Å²) in [6.45, 7) is 1.98. The van der Waals surface area contributed by atoms with Gasteiger partial charge in [0, 0.05) is 32.2 Å². The average Bonchev–Trinajstić information content (AvgIpc) is 3.02. The molecule has 0 radical (unpaired) electrons. The fourth-order valence-electron chi connectivity index (χ4n) is 3.37. The Morgan fingerprint density at radius 2 is 2.08 bits per heavy atom. The summed E-state index contributed by atoms with van der Waals surface area (Å²) in [5.41, 5.74) is 0.905. The second-order valence-electron chi connectivity index (χ2n) is 6.55. The van der Waals surface area contributed by atoms with Crippen LogP contribution in [0.2, 0.25) is 0 Å². The Bertz CT molecular complexity index is 716. The number of rotatable bonds is 5. The number of aliphatic hydroxyl groups is 1. The normalized spacial score (nSPS) is 18.3. The van der Waals surface area contributed by atoms with Crippen LogP contribution in [-0.4, -0.2) is 57.4 Å². The zero-order valence-electron chi connectivity index (χ0n) is 14.8. The molecule has 1 aromatic heterocycles. The van der Waals surface area contributed by atoms with Gasteiger partial charge in [0.1, 0.15) is 12.4 Å². The summed E-state index contributed by atoms with van der Waals surface area (Å²) in [6, 6.07) is 9.68. The van der Waals surface area contributed by atoms with E-state index >= 15 is 0 Å². The molecule has 134 valence electrons. The molecule has 2 heterocycles. The van der Waals surface area contributed by atoms with Gasteiger partial charge in [-0.2, -0.15) is 0 Å². The van der Waals surface area contributed by atoms with Crippen molar-refractivity contribution >= 4 is 11.6 Å². The number of hydrogen-bond acceptors (Lipinski definition) is 5. The molecule has 2 aromatic rings.